The maximum atomic E-state index is 14.2. The van der Waals surface area contributed by atoms with Crippen molar-refractivity contribution in [1.29, 1.82) is 5.41 Å². The molecular weight excluding hydrogens is 679 g/mol. The van der Waals surface area contributed by atoms with E-state index in [9.17, 15) is 31.2 Å². The zero-order valence-electron chi connectivity index (χ0n) is 26.7. The molecule has 0 aromatic heterocycles. The number of ether oxygens (including phenoxy) is 1. The van der Waals surface area contributed by atoms with Crippen molar-refractivity contribution in [2.45, 2.75) is 36.6 Å². The molecule has 0 spiro atoms. The van der Waals surface area contributed by atoms with Gasteiger partial charge in [0.25, 0.3) is 0 Å². The summed E-state index contributed by atoms with van der Waals surface area (Å²) in [5, 5.41) is 19.1. The molecule has 1 fully saturated rings. The second-order valence-electron chi connectivity index (χ2n) is 11.2. The lowest BCUT2D eigenvalue weighted by Gasteiger charge is -2.27. The average Bonchev–Trinajstić information content (AvgIpc) is 3.44. The number of sulfonamides is 1. The Labute approximate surface area is 285 Å². The van der Waals surface area contributed by atoms with E-state index in [2.05, 4.69) is 5.32 Å². The van der Waals surface area contributed by atoms with Gasteiger partial charge in [-0.3, -0.25) is 15.0 Å². The molecule has 0 saturated carbocycles. The van der Waals surface area contributed by atoms with Crippen molar-refractivity contribution in [3.05, 3.63) is 108 Å². The summed E-state index contributed by atoms with van der Waals surface area (Å²) in [6.45, 7) is 0.233. The number of fused-ring (bicyclic) bond motifs is 1. The Hall–Kier alpha value is -5.48. The summed E-state index contributed by atoms with van der Waals surface area (Å²) in [7, 11) is -2.75. The zero-order chi connectivity index (χ0) is 36.6. The highest BCUT2D eigenvalue weighted by atomic mass is 32.2. The van der Waals surface area contributed by atoms with E-state index in [0.717, 1.165) is 20.8 Å². The standard InChI is InChI=1S/C32H33N5O5S.C2HF3O2/c1-42-27-12-10-24-11-13-28(18-26(24)17-27)43(40,41)37(21-30(38)35-19-22-6-3-2-4-7-22)29-14-15-36(32(29)39)20-23-8-5-9-25(16-23)31(33)34;3-2(4,5)1(6)7/h2-13,16-18,29H,14-15,19-21H2,1H3,(H3,33,34)(H,35,38);(H,6,7)/t29-;/m0./s1. The monoisotopic (exact) mass is 713 g/mol. The fourth-order valence-corrected chi connectivity index (χ4v) is 6.79. The Morgan fingerprint density at radius 1 is 1.00 bits per heavy atom. The number of alkyl halides is 3. The van der Waals surface area contributed by atoms with E-state index in [-0.39, 0.29) is 30.2 Å². The van der Waals surface area contributed by atoms with Gasteiger partial charge in [0.05, 0.1) is 18.6 Å². The van der Waals surface area contributed by atoms with Crippen LogP contribution in [-0.4, -0.2) is 78.8 Å². The summed E-state index contributed by atoms with van der Waals surface area (Å²) >= 11 is 0. The molecule has 2 amide bonds. The van der Waals surface area contributed by atoms with Crippen LogP contribution < -0.4 is 15.8 Å². The number of benzene rings is 4. The lowest BCUT2D eigenvalue weighted by atomic mass is 10.1. The molecule has 4 aromatic rings. The van der Waals surface area contributed by atoms with Gasteiger partial charge in [-0.2, -0.15) is 17.5 Å². The topological polar surface area (TPSA) is 183 Å². The third kappa shape index (κ3) is 9.35. The summed E-state index contributed by atoms with van der Waals surface area (Å²) < 4.78 is 66.4. The van der Waals surface area contributed by atoms with Crippen LogP contribution in [0.2, 0.25) is 0 Å². The van der Waals surface area contributed by atoms with Crippen LogP contribution in [0.3, 0.4) is 0 Å². The average molecular weight is 714 g/mol. The first kappa shape index (κ1) is 37.3. The van der Waals surface area contributed by atoms with Crippen LogP contribution in [0.1, 0.15) is 23.1 Å². The molecule has 5 N–H and O–H groups in total. The quantitative estimate of drug-likeness (QED) is 0.133. The molecule has 5 rings (SSSR count). The van der Waals surface area contributed by atoms with Crippen LogP contribution in [0, 0.1) is 5.41 Å². The summed E-state index contributed by atoms with van der Waals surface area (Å²) in [4.78, 5) is 37.3. The zero-order valence-corrected chi connectivity index (χ0v) is 27.5. The van der Waals surface area contributed by atoms with Crippen LogP contribution in [0.5, 0.6) is 5.75 Å². The number of hydrogen-bond acceptors (Lipinski definition) is 7. The smallest absolute Gasteiger partial charge is 0.490 e. The number of carbonyl (C=O) groups is 3. The fraction of sp³-hybridized carbons (Fsp3) is 0.235. The molecule has 0 aliphatic carbocycles. The van der Waals surface area contributed by atoms with Gasteiger partial charge in [-0.15, -0.1) is 0 Å². The van der Waals surface area contributed by atoms with Crippen LogP contribution in [0.4, 0.5) is 13.2 Å². The number of amidine groups is 1. The molecule has 0 bridgehead atoms. The third-order valence-electron chi connectivity index (χ3n) is 7.73. The Balaban J connectivity index is 0.000000727. The van der Waals surface area contributed by atoms with Crippen molar-refractivity contribution in [3.8, 4) is 5.75 Å². The highest BCUT2D eigenvalue weighted by molar-refractivity contribution is 7.89. The van der Waals surface area contributed by atoms with Crippen LogP contribution >= 0.6 is 0 Å². The molecular formula is C34H34F3N5O7S. The molecule has 12 nitrogen and oxygen atoms in total. The number of halogens is 3. The van der Waals surface area contributed by atoms with Gasteiger partial charge < -0.3 is 25.8 Å². The normalized spacial score (nSPS) is 14.6. The van der Waals surface area contributed by atoms with Crippen molar-refractivity contribution < 1.29 is 45.8 Å². The number of nitrogens with zero attached hydrogens (tertiary/aromatic N) is 2. The molecule has 1 heterocycles. The van der Waals surface area contributed by atoms with E-state index in [1.54, 1.807) is 41.3 Å². The number of carbonyl (C=O) groups excluding carboxylic acids is 2. The highest BCUT2D eigenvalue weighted by Gasteiger charge is 2.43. The number of aliphatic carboxylic acids is 1. The summed E-state index contributed by atoms with van der Waals surface area (Å²) in [5.41, 5.74) is 7.79. The van der Waals surface area contributed by atoms with E-state index in [1.807, 2.05) is 42.5 Å². The Bertz CT molecular complexity index is 1990. The molecule has 1 saturated heterocycles. The van der Waals surface area contributed by atoms with Crippen LogP contribution in [0.25, 0.3) is 10.8 Å². The number of nitrogens with two attached hydrogens (primary N) is 1. The van der Waals surface area contributed by atoms with E-state index < -0.39 is 46.6 Å². The predicted octanol–water partition coefficient (Wildman–Crippen LogP) is 3.87. The number of likely N-dealkylation sites (tertiary alicyclic amines) is 1. The molecule has 16 heteroatoms. The van der Waals surface area contributed by atoms with Crippen molar-refractivity contribution >= 4 is 44.4 Å². The summed E-state index contributed by atoms with van der Waals surface area (Å²) in [6.07, 6.45) is -4.86. The largest absolute Gasteiger partial charge is 0.497 e. The van der Waals surface area contributed by atoms with E-state index >= 15 is 0 Å². The Morgan fingerprint density at radius 3 is 2.30 bits per heavy atom. The first-order valence-corrected chi connectivity index (χ1v) is 16.5. The number of nitrogen functional groups attached to an aromatic ring is 1. The molecule has 0 radical (unpaired) electrons. The van der Waals surface area contributed by atoms with Crippen LogP contribution in [-0.2, 0) is 37.5 Å². The fourth-order valence-electron chi connectivity index (χ4n) is 5.19. The molecule has 1 aliphatic heterocycles. The van der Waals surface area contributed by atoms with Crippen molar-refractivity contribution in [3.63, 3.8) is 0 Å². The second-order valence-corrected chi connectivity index (χ2v) is 13.1. The molecule has 1 aliphatic rings. The number of hydrogen-bond donors (Lipinski definition) is 4. The third-order valence-corrected chi connectivity index (χ3v) is 9.58. The molecule has 0 unspecified atom stereocenters. The van der Waals surface area contributed by atoms with Gasteiger partial charge in [0.1, 0.15) is 17.6 Å². The van der Waals surface area contributed by atoms with Gasteiger partial charge in [-0.05, 0) is 58.7 Å². The number of nitrogens with one attached hydrogen (secondary N) is 2. The predicted molar refractivity (Wildman–Crippen MR) is 178 cm³/mol. The SMILES string of the molecule is COc1ccc2ccc(S(=O)(=O)N(CC(=O)NCc3ccccc3)[C@H]3CCN(Cc4cccc(C(=N)N)c4)C3=O)cc2c1.O=C(O)C(F)(F)F. The second kappa shape index (κ2) is 15.8. The van der Waals surface area contributed by atoms with E-state index in [1.165, 1.54) is 19.2 Å². The molecule has 264 valence electrons. The number of methoxy groups -OCH3 is 1. The Morgan fingerprint density at radius 2 is 1.66 bits per heavy atom. The van der Waals surface area contributed by atoms with Crippen molar-refractivity contribution in [1.82, 2.24) is 14.5 Å². The molecule has 50 heavy (non-hydrogen) atoms. The van der Waals surface area contributed by atoms with E-state index in [0.29, 0.717) is 23.2 Å². The minimum Gasteiger partial charge on any atom is -0.497 e. The number of carboxylic acids is 1. The first-order valence-electron chi connectivity index (χ1n) is 15.0. The molecule has 1 atom stereocenters. The molecule has 4 aromatic carbocycles. The van der Waals surface area contributed by atoms with Gasteiger partial charge in [-0.25, -0.2) is 13.2 Å². The maximum absolute atomic E-state index is 14.2. The van der Waals surface area contributed by atoms with Crippen molar-refractivity contribution in [2.75, 3.05) is 20.2 Å². The summed E-state index contributed by atoms with van der Waals surface area (Å²) in [6, 6.07) is 25.3. The Kier molecular flexibility index (Phi) is 11.8. The maximum Gasteiger partial charge on any atom is 0.490 e. The number of amides is 2. The first-order chi connectivity index (χ1) is 23.6. The van der Waals surface area contributed by atoms with Gasteiger partial charge in [0.15, 0.2) is 0 Å². The van der Waals surface area contributed by atoms with Crippen LogP contribution in [0.15, 0.2) is 95.9 Å². The minimum absolute atomic E-state index is 0.0236. The lowest BCUT2D eigenvalue weighted by Crippen LogP contribution is -2.49. The number of carboxylic acid groups (broad SMARTS) is 1. The van der Waals surface area contributed by atoms with Gasteiger partial charge in [-0.1, -0.05) is 60.7 Å². The lowest BCUT2D eigenvalue weighted by molar-refractivity contribution is -0.192. The van der Waals surface area contributed by atoms with Crippen molar-refractivity contribution in [2.24, 2.45) is 5.73 Å². The summed E-state index contributed by atoms with van der Waals surface area (Å²) in [5.74, 6) is -3.17. The van der Waals surface area contributed by atoms with Gasteiger partial charge in [0.2, 0.25) is 21.8 Å². The van der Waals surface area contributed by atoms with E-state index in [4.69, 9.17) is 25.8 Å². The minimum atomic E-state index is -5.08. The highest BCUT2D eigenvalue weighted by Crippen LogP contribution is 2.29. The van der Waals surface area contributed by atoms with Gasteiger partial charge in [0, 0.05) is 25.2 Å². The number of rotatable bonds is 11. The van der Waals surface area contributed by atoms with Gasteiger partial charge >= 0.3 is 12.1 Å².